The summed E-state index contributed by atoms with van der Waals surface area (Å²) in [4.78, 5) is 22.3. The molecule has 5 heteroatoms. The number of carbonyl (C=O) groups excluding carboxylic acids is 2. The number of esters is 1. The van der Waals surface area contributed by atoms with E-state index in [-0.39, 0.29) is 30.3 Å². The van der Waals surface area contributed by atoms with Crippen LogP contribution in [0.5, 0.6) is 0 Å². The predicted octanol–water partition coefficient (Wildman–Crippen LogP) is 1.30. The Morgan fingerprint density at radius 2 is 1.88 bits per heavy atom. The van der Waals surface area contributed by atoms with Crippen LogP contribution in [0.4, 0.5) is 0 Å². The number of hydrogen-bond acceptors (Lipinski definition) is 4. The van der Waals surface area contributed by atoms with Gasteiger partial charge in [-0.3, -0.25) is 13.8 Å². The number of ketones is 1. The minimum absolute atomic E-state index is 0.0532. The van der Waals surface area contributed by atoms with Crippen LogP contribution < -0.4 is 0 Å². The van der Waals surface area contributed by atoms with Crippen LogP contribution in [0.15, 0.2) is 0 Å². The third-order valence-electron chi connectivity index (χ3n) is 1.75. The molecule has 0 N–H and O–H groups in total. The lowest BCUT2D eigenvalue weighted by Crippen LogP contribution is -2.17. The van der Waals surface area contributed by atoms with Gasteiger partial charge in [0.2, 0.25) is 0 Å². The number of ether oxygens (including phenoxy) is 1. The summed E-state index contributed by atoms with van der Waals surface area (Å²) in [5.74, 6) is 0.402. The smallest absolute Gasteiger partial charge is 0.306 e. The lowest BCUT2D eigenvalue weighted by Gasteiger charge is -2.04. The molecule has 0 aliphatic rings. The van der Waals surface area contributed by atoms with E-state index in [4.69, 9.17) is 4.74 Å². The zero-order chi connectivity index (χ0) is 12.6. The lowest BCUT2D eigenvalue weighted by molar-refractivity contribution is -0.144. The summed E-state index contributed by atoms with van der Waals surface area (Å²) in [6.45, 7) is 5.96. The second-order valence-electron chi connectivity index (χ2n) is 3.99. The van der Waals surface area contributed by atoms with E-state index in [0.29, 0.717) is 18.3 Å². The maximum Gasteiger partial charge on any atom is 0.306 e. The molecule has 94 valence electrons. The fourth-order valence-corrected chi connectivity index (χ4v) is 2.52. The molecule has 0 bridgehead atoms. The molecule has 0 radical (unpaired) electrons. The van der Waals surface area contributed by atoms with Gasteiger partial charge in [0.05, 0.1) is 18.8 Å². The van der Waals surface area contributed by atoms with Crippen molar-refractivity contribution < 1.29 is 18.5 Å². The summed E-state index contributed by atoms with van der Waals surface area (Å²) in [6.07, 6.45) is 0.216. The molecule has 1 atom stereocenters. The number of rotatable bonds is 8. The molecule has 16 heavy (non-hydrogen) atoms. The van der Waals surface area contributed by atoms with Crippen LogP contribution in [-0.2, 0) is 25.1 Å². The summed E-state index contributed by atoms with van der Waals surface area (Å²) in [5.41, 5.74) is 0. The minimum Gasteiger partial charge on any atom is -0.466 e. The number of Topliss-reactive ketones (excluding diaryl/α,β-unsaturated/α-hetero) is 1. The standard InChI is InChI=1S/C11H20O4S/c1-4-15-11(13)6-5-10(12)8-16(14)7-9(2)3/h9H,4-8H2,1-3H3. The number of carbonyl (C=O) groups is 2. The van der Waals surface area contributed by atoms with Gasteiger partial charge in [0.15, 0.2) is 0 Å². The molecule has 0 fully saturated rings. The van der Waals surface area contributed by atoms with Gasteiger partial charge in [0.25, 0.3) is 0 Å². The van der Waals surface area contributed by atoms with Crippen molar-refractivity contribution in [1.29, 1.82) is 0 Å². The Balaban J connectivity index is 3.74. The highest BCUT2D eigenvalue weighted by Crippen LogP contribution is 2.00. The van der Waals surface area contributed by atoms with E-state index >= 15 is 0 Å². The molecule has 0 aliphatic heterocycles. The second kappa shape index (κ2) is 8.44. The van der Waals surface area contributed by atoms with Gasteiger partial charge in [0, 0.05) is 23.0 Å². The summed E-state index contributed by atoms with van der Waals surface area (Å²) in [6, 6.07) is 0. The minimum atomic E-state index is -1.10. The molecular weight excluding hydrogens is 228 g/mol. The molecule has 0 saturated carbocycles. The highest BCUT2D eigenvalue weighted by Gasteiger charge is 2.12. The summed E-state index contributed by atoms with van der Waals surface area (Å²) >= 11 is 0. The fourth-order valence-electron chi connectivity index (χ4n) is 1.16. The molecule has 0 aromatic carbocycles. The zero-order valence-electron chi connectivity index (χ0n) is 10.2. The van der Waals surface area contributed by atoms with Gasteiger partial charge < -0.3 is 4.74 Å². The molecule has 0 amide bonds. The molecule has 0 heterocycles. The van der Waals surface area contributed by atoms with Crippen molar-refractivity contribution >= 4 is 22.6 Å². The Kier molecular flexibility index (Phi) is 8.07. The van der Waals surface area contributed by atoms with Gasteiger partial charge in [-0.15, -0.1) is 0 Å². The monoisotopic (exact) mass is 248 g/mol. The van der Waals surface area contributed by atoms with Crippen molar-refractivity contribution in [1.82, 2.24) is 0 Å². The van der Waals surface area contributed by atoms with Crippen LogP contribution >= 0.6 is 0 Å². The lowest BCUT2D eigenvalue weighted by atomic mass is 10.2. The largest absolute Gasteiger partial charge is 0.466 e. The van der Waals surface area contributed by atoms with Crippen LogP contribution in [0.3, 0.4) is 0 Å². The molecule has 0 saturated heterocycles. The first-order valence-electron chi connectivity index (χ1n) is 5.48. The molecule has 0 aromatic rings. The molecule has 0 aliphatic carbocycles. The zero-order valence-corrected chi connectivity index (χ0v) is 11.0. The second-order valence-corrected chi connectivity index (χ2v) is 5.49. The Bertz CT molecular complexity index is 261. The average Bonchev–Trinajstić information content (AvgIpc) is 2.13. The van der Waals surface area contributed by atoms with Gasteiger partial charge in [-0.05, 0) is 12.8 Å². The maximum absolute atomic E-state index is 11.4. The van der Waals surface area contributed by atoms with Crippen molar-refractivity contribution in [3.05, 3.63) is 0 Å². The van der Waals surface area contributed by atoms with Gasteiger partial charge in [0.1, 0.15) is 5.78 Å². The summed E-state index contributed by atoms with van der Waals surface area (Å²) in [7, 11) is -1.10. The van der Waals surface area contributed by atoms with Gasteiger partial charge in [-0.1, -0.05) is 13.8 Å². The highest BCUT2D eigenvalue weighted by molar-refractivity contribution is 7.85. The average molecular weight is 248 g/mol. The summed E-state index contributed by atoms with van der Waals surface area (Å²) < 4.78 is 16.1. The van der Waals surface area contributed by atoms with Crippen LogP contribution in [0, 0.1) is 5.92 Å². The predicted molar refractivity (Wildman–Crippen MR) is 63.6 cm³/mol. The van der Waals surface area contributed by atoms with Crippen molar-refractivity contribution in [2.75, 3.05) is 18.1 Å². The Labute approximate surface area is 99.2 Å². The molecule has 4 nitrogen and oxygen atoms in total. The van der Waals surface area contributed by atoms with E-state index in [9.17, 15) is 13.8 Å². The summed E-state index contributed by atoms with van der Waals surface area (Å²) in [5, 5.41) is 0. The van der Waals surface area contributed by atoms with Crippen molar-refractivity contribution in [2.45, 2.75) is 33.6 Å². The first kappa shape index (κ1) is 15.3. The normalized spacial score (nSPS) is 12.5. The molecule has 0 aromatic heterocycles. The van der Waals surface area contributed by atoms with Crippen LogP contribution in [0.1, 0.15) is 33.6 Å². The van der Waals surface area contributed by atoms with Gasteiger partial charge in [-0.2, -0.15) is 0 Å². The topological polar surface area (TPSA) is 60.4 Å². The molecule has 0 rings (SSSR count). The quantitative estimate of drug-likeness (QED) is 0.608. The first-order chi connectivity index (χ1) is 7.45. The third kappa shape index (κ3) is 8.59. The Morgan fingerprint density at radius 1 is 1.25 bits per heavy atom. The van der Waals surface area contributed by atoms with E-state index in [1.807, 2.05) is 13.8 Å². The Hall–Kier alpha value is -0.710. The molecule has 1 unspecified atom stereocenters. The van der Waals surface area contributed by atoms with E-state index in [2.05, 4.69) is 0 Å². The number of hydrogen-bond donors (Lipinski definition) is 0. The maximum atomic E-state index is 11.4. The van der Waals surface area contributed by atoms with Crippen molar-refractivity contribution in [3.63, 3.8) is 0 Å². The van der Waals surface area contributed by atoms with Crippen molar-refractivity contribution in [2.24, 2.45) is 5.92 Å². The van der Waals surface area contributed by atoms with Crippen molar-refractivity contribution in [3.8, 4) is 0 Å². The fraction of sp³-hybridized carbons (Fsp3) is 0.818. The SMILES string of the molecule is CCOC(=O)CCC(=O)CS(=O)CC(C)C. The Morgan fingerprint density at radius 3 is 2.38 bits per heavy atom. The van der Waals surface area contributed by atoms with Gasteiger partial charge in [-0.25, -0.2) is 0 Å². The first-order valence-corrected chi connectivity index (χ1v) is 6.96. The van der Waals surface area contributed by atoms with E-state index in [0.717, 1.165) is 0 Å². The third-order valence-corrected chi connectivity index (χ3v) is 3.44. The molecular formula is C11H20O4S. The van der Waals surface area contributed by atoms with E-state index in [1.54, 1.807) is 6.92 Å². The van der Waals surface area contributed by atoms with E-state index < -0.39 is 10.8 Å². The van der Waals surface area contributed by atoms with Gasteiger partial charge >= 0.3 is 5.97 Å². The van der Waals surface area contributed by atoms with Crippen LogP contribution in [0.2, 0.25) is 0 Å². The molecule has 0 spiro atoms. The van der Waals surface area contributed by atoms with Crippen LogP contribution in [0.25, 0.3) is 0 Å². The highest BCUT2D eigenvalue weighted by atomic mass is 32.2. The van der Waals surface area contributed by atoms with Crippen LogP contribution in [-0.4, -0.2) is 34.1 Å². The van der Waals surface area contributed by atoms with E-state index in [1.165, 1.54) is 0 Å².